The van der Waals surface area contributed by atoms with Crippen LogP contribution >= 0.6 is 45.2 Å². The van der Waals surface area contributed by atoms with Gasteiger partial charge in [-0.25, -0.2) is 4.79 Å². The highest BCUT2D eigenvalue weighted by atomic mass is 127. The lowest BCUT2D eigenvalue weighted by atomic mass is 10.2. The average Bonchev–Trinajstić information content (AvgIpc) is 2.25. The Labute approximate surface area is 127 Å². The first-order valence-electron chi connectivity index (χ1n) is 4.68. The van der Waals surface area contributed by atoms with Gasteiger partial charge in [0, 0.05) is 6.08 Å². The predicted octanol–water partition coefficient (Wildman–Crippen LogP) is 3.56. The second-order valence-corrected chi connectivity index (χ2v) is 5.41. The van der Waals surface area contributed by atoms with E-state index >= 15 is 0 Å². The van der Waals surface area contributed by atoms with Gasteiger partial charge in [-0.1, -0.05) is 12.7 Å². The van der Waals surface area contributed by atoms with Crippen molar-refractivity contribution in [2.75, 3.05) is 6.61 Å². The Bertz CT molecular complexity index is 444. The number of hydrogen-bond donors (Lipinski definition) is 1. The van der Waals surface area contributed by atoms with Crippen molar-refractivity contribution in [2.24, 2.45) is 0 Å². The molecule has 0 saturated carbocycles. The number of benzene rings is 1. The summed E-state index contributed by atoms with van der Waals surface area (Å²) in [5.41, 5.74) is 0.840. The molecule has 0 amide bonds. The van der Waals surface area contributed by atoms with E-state index in [1.807, 2.05) is 12.1 Å². The molecular weight excluding hydrogens is 446 g/mol. The Morgan fingerprint density at radius 1 is 1.41 bits per heavy atom. The lowest BCUT2D eigenvalue weighted by Gasteiger charge is -2.09. The first-order chi connectivity index (χ1) is 8.04. The van der Waals surface area contributed by atoms with E-state index in [1.165, 1.54) is 0 Å². The Hall–Kier alpha value is -0.570. The summed E-state index contributed by atoms with van der Waals surface area (Å²) in [5, 5.41) is 8.56. The Kier molecular flexibility index (Phi) is 5.96. The smallest absolute Gasteiger partial charge is 0.328 e. The predicted molar refractivity (Wildman–Crippen MR) is 84.2 cm³/mol. The Morgan fingerprint density at radius 3 is 2.47 bits per heavy atom. The lowest BCUT2D eigenvalue weighted by Crippen LogP contribution is -1.98. The molecule has 0 bridgehead atoms. The molecule has 0 saturated heterocycles. The van der Waals surface area contributed by atoms with E-state index in [0.717, 1.165) is 24.5 Å². The van der Waals surface area contributed by atoms with E-state index in [1.54, 1.807) is 12.2 Å². The molecule has 0 spiro atoms. The Balaban J connectivity index is 3.00. The molecule has 0 atom stereocenters. The monoisotopic (exact) mass is 456 g/mol. The maximum atomic E-state index is 10.4. The lowest BCUT2D eigenvalue weighted by molar-refractivity contribution is -0.131. The van der Waals surface area contributed by atoms with Crippen molar-refractivity contribution >= 4 is 57.2 Å². The van der Waals surface area contributed by atoms with Crippen LogP contribution in [0, 0.1) is 7.14 Å². The standard InChI is InChI=1S/C12H10I2O3/c1-2-5-17-12-9(13)6-8(7-10(12)14)3-4-11(15)16/h2-4,6-7H,1,5H2,(H,15,16). The van der Waals surface area contributed by atoms with Crippen molar-refractivity contribution in [3.63, 3.8) is 0 Å². The van der Waals surface area contributed by atoms with Gasteiger partial charge in [-0.15, -0.1) is 0 Å². The normalized spacial score (nSPS) is 10.5. The molecule has 0 fully saturated rings. The van der Waals surface area contributed by atoms with Gasteiger partial charge in [-0.3, -0.25) is 0 Å². The molecule has 0 aliphatic carbocycles. The molecule has 90 valence electrons. The summed E-state index contributed by atoms with van der Waals surface area (Å²) in [5.74, 6) is -0.152. The molecule has 0 unspecified atom stereocenters. The van der Waals surface area contributed by atoms with Crippen LogP contribution in [-0.4, -0.2) is 17.7 Å². The second-order valence-electron chi connectivity index (χ2n) is 3.08. The van der Waals surface area contributed by atoms with Crippen molar-refractivity contribution in [1.82, 2.24) is 0 Å². The summed E-state index contributed by atoms with van der Waals surface area (Å²) >= 11 is 4.33. The van der Waals surface area contributed by atoms with Gasteiger partial charge in [0.25, 0.3) is 0 Å². The molecule has 1 N–H and O–H groups in total. The van der Waals surface area contributed by atoms with Gasteiger partial charge >= 0.3 is 5.97 Å². The molecule has 1 aromatic rings. The molecule has 1 aromatic carbocycles. The van der Waals surface area contributed by atoms with Crippen LogP contribution in [0.5, 0.6) is 5.75 Å². The number of carboxylic acid groups (broad SMARTS) is 1. The van der Waals surface area contributed by atoms with Gasteiger partial charge in [0.2, 0.25) is 0 Å². The number of halogens is 2. The summed E-state index contributed by atoms with van der Waals surface area (Å²) in [6.45, 7) is 4.05. The zero-order chi connectivity index (χ0) is 12.8. The van der Waals surface area contributed by atoms with Gasteiger partial charge in [0.1, 0.15) is 12.4 Å². The topological polar surface area (TPSA) is 46.5 Å². The molecule has 0 aliphatic rings. The number of hydrogen-bond acceptors (Lipinski definition) is 2. The number of carboxylic acids is 1. The van der Waals surface area contributed by atoms with E-state index in [2.05, 4.69) is 51.8 Å². The minimum absolute atomic E-state index is 0.455. The number of rotatable bonds is 5. The SMILES string of the molecule is C=CCOc1c(I)cc(C=CC(=O)O)cc1I. The number of aliphatic carboxylic acids is 1. The maximum Gasteiger partial charge on any atom is 0.328 e. The van der Waals surface area contributed by atoms with Crippen molar-refractivity contribution in [3.05, 3.63) is 43.6 Å². The summed E-state index contributed by atoms with van der Waals surface area (Å²) in [6.07, 6.45) is 4.36. The molecule has 0 aliphatic heterocycles. The number of ether oxygens (including phenoxy) is 1. The van der Waals surface area contributed by atoms with E-state index in [4.69, 9.17) is 9.84 Å². The molecule has 17 heavy (non-hydrogen) atoms. The van der Waals surface area contributed by atoms with Crippen molar-refractivity contribution < 1.29 is 14.6 Å². The quantitative estimate of drug-likeness (QED) is 0.419. The third-order valence-electron chi connectivity index (χ3n) is 1.78. The fraction of sp³-hybridized carbons (Fsp3) is 0.0833. The van der Waals surface area contributed by atoms with Crippen LogP contribution in [0.15, 0.2) is 30.9 Å². The van der Waals surface area contributed by atoms with E-state index in [-0.39, 0.29) is 0 Å². The molecular formula is C12H10I2O3. The summed E-state index contributed by atoms with van der Waals surface area (Å²) < 4.78 is 7.42. The van der Waals surface area contributed by atoms with Crippen LogP contribution < -0.4 is 4.74 Å². The van der Waals surface area contributed by atoms with Crippen molar-refractivity contribution in [1.29, 1.82) is 0 Å². The van der Waals surface area contributed by atoms with E-state index < -0.39 is 5.97 Å². The molecule has 0 aromatic heterocycles. The molecule has 1 rings (SSSR count). The minimum atomic E-state index is -0.956. The zero-order valence-corrected chi connectivity index (χ0v) is 13.1. The molecule has 3 nitrogen and oxygen atoms in total. The van der Waals surface area contributed by atoms with Crippen LogP contribution in [0.3, 0.4) is 0 Å². The first-order valence-corrected chi connectivity index (χ1v) is 6.84. The maximum absolute atomic E-state index is 10.4. The van der Waals surface area contributed by atoms with Gasteiger partial charge < -0.3 is 9.84 Å². The van der Waals surface area contributed by atoms with Crippen LogP contribution in [0.1, 0.15) is 5.56 Å². The van der Waals surface area contributed by atoms with Crippen LogP contribution in [0.25, 0.3) is 6.08 Å². The fourth-order valence-electron chi connectivity index (χ4n) is 1.12. The first kappa shape index (κ1) is 14.5. The fourth-order valence-corrected chi connectivity index (χ4v) is 3.25. The van der Waals surface area contributed by atoms with Crippen molar-refractivity contribution in [2.45, 2.75) is 0 Å². The van der Waals surface area contributed by atoms with Crippen LogP contribution in [0.4, 0.5) is 0 Å². The largest absolute Gasteiger partial charge is 0.487 e. The van der Waals surface area contributed by atoms with Gasteiger partial charge in [0.15, 0.2) is 0 Å². The average molecular weight is 456 g/mol. The van der Waals surface area contributed by atoms with Crippen molar-refractivity contribution in [3.8, 4) is 5.75 Å². The minimum Gasteiger partial charge on any atom is -0.487 e. The summed E-state index contributed by atoms with van der Waals surface area (Å²) in [6, 6.07) is 3.75. The van der Waals surface area contributed by atoms with Crippen LogP contribution in [0.2, 0.25) is 0 Å². The van der Waals surface area contributed by atoms with Gasteiger partial charge in [-0.05, 0) is 69.0 Å². The third kappa shape index (κ3) is 4.66. The zero-order valence-electron chi connectivity index (χ0n) is 8.82. The van der Waals surface area contributed by atoms with Crippen LogP contribution in [-0.2, 0) is 4.79 Å². The molecule has 0 radical (unpaired) electrons. The second kappa shape index (κ2) is 7.00. The Morgan fingerprint density at radius 2 is 2.00 bits per heavy atom. The van der Waals surface area contributed by atoms with E-state index in [9.17, 15) is 4.79 Å². The van der Waals surface area contributed by atoms with Gasteiger partial charge in [-0.2, -0.15) is 0 Å². The van der Waals surface area contributed by atoms with E-state index in [0.29, 0.717) is 6.61 Å². The highest BCUT2D eigenvalue weighted by Gasteiger charge is 2.07. The number of carbonyl (C=O) groups is 1. The van der Waals surface area contributed by atoms with Gasteiger partial charge in [0.05, 0.1) is 7.14 Å². The molecule has 0 heterocycles. The highest BCUT2D eigenvalue weighted by Crippen LogP contribution is 2.29. The summed E-state index contributed by atoms with van der Waals surface area (Å²) in [4.78, 5) is 10.4. The summed E-state index contributed by atoms with van der Waals surface area (Å²) in [7, 11) is 0. The third-order valence-corrected chi connectivity index (χ3v) is 3.39. The highest BCUT2D eigenvalue weighted by molar-refractivity contribution is 14.1. The molecule has 5 heteroatoms.